The van der Waals surface area contributed by atoms with Crippen LogP contribution in [0.3, 0.4) is 0 Å². The molecule has 5 fully saturated rings. The van der Waals surface area contributed by atoms with Crippen LogP contribution in [-0.4, -0.2) is 263 Å². The normalized spacial score (nSPS) is 26.8. The fourth-order valence-electron chi connectivity index (χ4n) is 15.2. The smallest absolute Gasteiger partial charge is 0.377 e. The molecule has 2 aromatic rings. The minimum atomic E-state index is -5.46. The third kappa shape index (κ3) is 19.4. The summed E-state index contributed by atoms with van der Waals surface area (Å²) in [4.78, 5) is 190. The number of ether oxygens (including phenoxy) is 1. The van der Waals surface area contributed by atoms with Crippen LogP contribution < -0.4 is 16.0 Å². The van der Waals surface area contributed by atoms with Crippen molar-refractivity contribution in [2.24, 2.45) is 11.8 Å². The van der Waals surface area contributed by atoms with Gasteiger partial charge in [0.1, 0.15) is 71.1 Å². The molecule has 0 unspecified atom stereocenters. The first-order valence-electron chi connectivity index (χ1n) is 36.7. The average molecular weight is 1520 g/mol. The number of alkyl halides is 6. The molecule has 3 N–H and O–H groups in total. The zero-order valence-electron chi connectivity index (χ0n) is 62.3. The molecular weight excluding hydrogens is 1420 g/mol. The molecule has 2 aromatic carbocycles. The number of likely N-dealkylation sites (tertiary alicyclic amines) is 1. The minimum absolute atomic E-state index is 0.00372. The molecule has 2 aliphatic carbocycles. The van der Waals surface area contributed by atoms with Gasteiger partial charge in [-0.1, -0.05) is 64.3 Å². The van der Waals surface area contributed by atoms with E-state index in [1.54, 1.807) is 39.8 Å². The number of nitrogens with one attached hydrogen (secondary N) is 3. The quantitative estimate of drug-likeness (QED) is 0.181. The fraction of sp³-hybridized carbons (Fsp3) is 0.649. The van der Waals surface area contributed by atoms with E-state index in [4.69, 9.17) is 4.74 Å². The second-order valence-corrected chi connectivity index (χ2v) is 29.2. The van der Waals surface area contributed by atoms with Crippen molar-refractivity contribution in [1.29, 1.82) is 0 Å². The number of halogens is 8. The zero-order valence-corrected chi connectivity index (χ0v) is 62.3. The maximum atomic E-state index is 15.5. The van der Waals surface area contributed by atoms with Gasteiger partial charge in [-0.2, -0.15) is 26.3 Å². The molecule has 33 heteroatoms. The lowest BCUT2D eigenvalue weighted by Gasteiger charge is -2.47. The van der Waals surface area contributed by atoms with Crippen molar-refractivity contribution in [3.63, 3.8) is 0 Å². The van der Waals surface area contributed by atoms with Crippen LogP contribution in [0.2, 0.25) is 0 Å². The number of likely N-dealkylation sites (N-methyl/N-ethyl adjacent to an activating group) is 6. The Bertz CT molecular complexity index is 3640. The number of hydrogen-bond acceptors (Lipinski definition) is 13. The molecule has 0 radical (unpaired) electrons. The van der Waals surface area contributed by atoms with Crippen molar-refractivity contribution < 1.29 is 97.4 Å². The van der Waals surface area contributed by atoms with Crippen LogP contribution in [0.25, 0.3) is 0 Å². The Hall–Kier alpha value is -8.78. The van der Waals surface area contributed by atoms with Gasteiger partial charge in [0.15, 0.2) is 0 Å². The van der Waals surface area contributed by atoms with E-state index >= 15 is 37.5 Å². The fourth-order valence-corrected chi connectivity index (χ4v) is 15.2. The lowest BCUT2D eigenvalue weighted by atomic mass is 9.74. The van der Waals surface area contributed by atoms with Crippen LogP contribution in [0.5, 0.6) is 0 Å². The number of carbonyl (C=O) groups excluding carboxylic acids is 12. The van der Waals surface area contributed by atoms with Gasteiger partial charge in [0.25, 0.3) is 0 Å². The lowest BCUT2D eigenvalue weighted by Crippen LogP contribution is -2.68. The molecule has 0 aromatic heterocycles. The van der Waals surface area contributed by atoms with Crippen molar-refractivity contribution in [3.8, 4) is 0 Å². The number of rotatable bonds is 12. The summed E-state index contributed by atoms with van der Waals surface area (Å²) in [5.74, 6) is -14.9. The monoisotopic (exact) mass is 1520 g/mol. The number of amides is 12. The maximum Gasteiger partial charge on any atom is 0.422 e. The van der Waals surface area contributed by atoms with Crippen LogP contribution in [0.1, 0.15) is 146 Å². The van der Waals surface area contributed by atoms with Crippen LogP contribution >= 0.6 is 0 Å². The van der Waals surface area contributed by atoms with Gasteiger partial charge in [-0.15, -0.1) is 0 Å². The highest BCUT2D eigenvalue weighted by atomic mass is 19.4. The molecule has 8 rings (SSSR count). The average Bonchev–Trinajstić information content (AvgIpc) is 1.75. The molecule has 6 aliphatic rings. The Morgan fingerprint density at radius 3 is 1.84 bits per heavy atom. The summed E-state index contributed by atoms with van der Waals surface area (Å²) < 4.78 is 120. The third-order valence-corrected chi connectivity index (χ3v) is 22.1. The SMILES string of the molecule is CCO[C@@H]1C[C@H]2C(=O)NC3(CCC3)C(=O)N(C)[C@@H](C3CCCC3)C(=O)N(C)[C@H](C(=O)N3CCC3)CC(=O)N(C)[C@@H](CC)C(=O)N[C@@H]([C@@H](C)CC)C(=O)N(C)CC(=O)N(C)[C@H]3C/C=C\CCN(C3=O)[C@@H](Cc3ccc(C(F)(F)F)cc3)C(=O)N(C)CC(=O)N[C@@H](CCc3cc(F)c(C(F)(F)F)c(F)c3)C(=O)N2C1. The van der Waals surface area contributed by atoms with E-state index < -0.39 is 222 Å². The Morgan fingerprint density at radius 1 is 0.645 bits per heavy atom. The van der Waals surface area contributed by atoms with E-state index in [9.17, 15) is 55.1 Å². The highest BCUT2D eigenvalue weighted by Gasteiger charge is 2.54. The van der Waals surface area contributed by atoms with Gasteiger partial charge in [0.2, 0.25) is 70.9 Å². The van der Waals surface area contributed by atoms with E-state index in [1.165, 1.54) is 45.0 Å². The summed E-state index contributed by atoms with van der Waals surface area (Å²) >= 11 is 0. The third-order valence-electron chi connectivity index (χ3n) is 22.1. The van der Waals surface area contributed by atoms with Crippen LogP contribution in [0.15, 0.2) is 48.6 Å². The molecular formula is C74H100F8N12O13. The number of hydrogen-bond donors (Lipinski definition) is 3. The highest BCUT2D eigenvalue weighted by molar-refractivity contribution is 6.01. The van der Waals surface area contributed by atoms with Crippen molar-refractivity contribution in [3.05, 3.63) is 82.4 Å². The minimum Gasteiger partial charge on any atom is -0.377 e. The molecule has 12 amide bonds. The second kappa shape index (κ2) is 35.5. The molecule has 1 spiro atoms. The predicted molar refractivity (Wildman–Crippen MR) is 372 cm³/mol. The summed E-state index contributed by atoms with van der Waals surface area (Å²) in [6.07, 6.45) is -6.70. The standard InChI is InChI=1S/C74H100F8N12O13/c1-11-43(4)61-69(104)87(6)42-59(97)89(8)53-23-15-14-18-34-93(68(53)103)56(37-44-24-27-47(28-25-44)73(77,78)79)66(101)86(5)41-57(95)83-51(29-26-45-35-49(75)60(50(76)36-45)74(80,81)82)65(100)94-40-48(107-13-3)38-54(94)64(99)85-72(30-19-31-72)71(106)91(10)62(46-21-16-17-22-46)70(105)90(9)55(67(102)92-32-20-33-92)39-58(96)88(7)52(12-2)63(98)84-61/h14-15,24-25,27-28,35-36,43,46,48,51-56,61-62H,11-13,16-23,26,29-34,37-42H2,1-10H3,(H,83,95)(H,84,98)(H,85,99)/b15-14-/t43-,48+,51-,52-,53-,54-,55-,56-,61-,62-/m0/s1. The van der Waals surface area contributed by atoms with Gasteiger partial charge >= 0.3 is 12.4 Å². The van der Waals surface area contributed by atoms with Gasteiger partial charge in [-0.3, -0.25) is 57.5 Å². The Balaban J connectivity index is 1.21. The molecule has 107 heavy (non-hydrogen) atoms. The van der Waals surface area contributed by atoms with Crippen LogP contribution in [0, 0.1) is 23.5 Å². The molecule has 590 valence electrons. The van der Waals surface area contributed by atoms with Crippen molar-refractivity contribution >= 4 is 70.9 Å². The lowest BCUT2D eigenvalue weighted by molar-refractivity contribution is -0.159. The topological polar surface area (TPSA) is 279 Å². The van der Waals surface area contributed by atoms with Crippen molar-refractivity contribution in [2.75, 3.05) is 88.2 Å². The largest absolute Gasteiger partial charge is 0.422 e. The van der Waals surface area contributed by atoms with Gasteiger partial charge in [0.05, 0.1) is 31.2 Å². The van der Waals surface area contributed by atoms with Gasteiger partial charge in [-0.25, -0.2) is 8.78 Å². The summed E-state index contributed by atoms with van der Waals surface area (Å²) in [6, 6.07) is -7.17. The molecule has 4 heterocycles. The zero-order chi connectivity index (χ0) is 78.9. The first kappa shape index (κ1) is 83.9. The first-order valence-corrected chi connectivity index (χ1v) is 36.7. The molecule has 10 atom stereocenters. The summed E-state index contributed by atoms with van der Waals surface area (Å²) in [6.45, 7) is 5.19. The molecule has 2 saturated carbocycles. The summed E-state index contributed by atoms with van der Waals surface area (Å²) in [7, 11) is 7.85. The molecule has 4 aliphatic heterocycles. The maximum absolute atomic E-state index is 15.5. The number of aryl methyl sites for hydroxylation is 1. The molecule has 25 nitrogen and oxygen atoms in total. The summed E-state index contributed by atoms with van der Waals surface area (Å²) in [5.41, 5.74) is -5.23. The summed E-state index contributed by atoms with van der Waals surface area (Å²) in [5, 5.41) is 8.24. The van der Waals surface area contributed by atoms with Crippen LogP contribution in [0.4, 0.5) is 35.1 Å². The Labute approximate surface area is 617 Å². The Kier molecular flexibility index (Phi) is 27.8. The number of carbonyl (C=O) groups is 12. The number of fused-ring (bicyclic) bond motifs is 3. The van der Waals surface area contributed by atoms with E-state index in [0.717, 1.165) is 65.6 Å². The predicted octanol–water partition coefficient (Wildman–Crippen LogP) is 5.25. The van der Waals surface area contributed by atoms with Gasteiger partial charge < -0.3 is 64.8 Å². The van der Waals surface area contributed by atoms with E-state index in [-0.39, 0.29) is 63.8 Å². The van der Waals surface area contributed by atoms with E-state index in [1.807, 2.05) is 0 Å². The van der Waals surface area contributed by atoms with Crippen LogP contribution in [-0.2, 0) is 87.5 Å². The van der Waals surface area contributed by atoms with Crippen molar-refractivity contribution in [1.82, 2.24) is 60.0 Å². The number of nitrogens with zero attached hydrogens (tertiary/aromatic N) is 9. The van der Waals surface area contributed by atoms with E-state index in [2.05, 4.69) is 16.0 Å². The highest BCUT2D eigenvalue weighted by Crippen LogP contribution is 2.40. The Morgan fingerprint density at radius 2 is 1.28 bits per heavy atom. The second-order valence-electron chi connectivity index (χ2n) is 29.2. The van der Waals surface area contributed by atoms with E-state index in [0.29, 0.717) is 70.2 Å². The van der Waals surface area contributed by atoms with Gasteiger partial charge in [-0.05, 0) is 125 Å². The molecule has 2 bridgehead atoms. The first-order chi connectivity index (χ1) is 50.4. The van der Waals surface area contributed by atoms with Crippen molar-refractivity contribution in [2.45, 2.75) is 209 Å². The van der Waals surface area contributed by atoms with Gasteiger partial charge in [0, 0.05) is 87.9 Å². The number of benzene rings is 2. The molecule has 3 saturated heterocycles.